The summed E-state index contributed by atoms with van der Waals surface area (Å²) in [5.41, 5.74) is 0.292. The van der Waals surface area contributed by atoms with Gasteiger partial charge in [-0.25, -0.2) is 4.39 Å². The van der Waals surface area contributed by atoms with E-state index >= 15 is 0 Å². The third-order valence-corrected chi connectivity index (χ3v) is 6.87. The van der Waals surface area contributed by atoms with Crippen LogP contribution in [0.3, 0.4) is 0 Å². The van der Waals surface area contributed by atoms with Crippen molar-refractivity contribution in [3.63, 3.8) is 0 Å². The molecule has 7 nitrogen and oxygen atoms in total. The van der Waals surface area contributed by atoms with Crippen LogP contribution in [0, 0.1) is 5.82 Å². The van der Waals surface area contributed by atoms with E-state index in [1.165, 1.54) is 12.3 Å². The van der Waals surface area contributed by atoms with Crippen molar-refractivity contribution in [3.8, 4) is 5.75 Å². The van der Waals surface area contributed by atoms with Gasteiger partial charge in [-0.15, -0.1) is 13.2 Å². The standard InChI is InChI=1S/C21H20ClF4N3O4/c22-13-3-12-15(30)5-17(33-16(12)4-14(13)23)18(31)28-19-8-20(9-19,10-19)29-7-11(6-27-29)1-2-32-21(24,25)26/h3-4,6-7,15,17,30H,1-2,5,8-10H2,(H,28,31)/t15-,17-,19?,20?/m1/s1. The summed E-state index contributed by atoms with van der Waals surface area (Å²) >= 11 is 5.76. The first-order valence-electron chi connectivity index (χ1n) is 10.4. The fourth-order valence-corrected chi connectivity index (χ4v) is 5.26. The van der Waals surface area contributed by atoms with E-state index in [1.807, 2.05) is 0 Å². The lowest BCUT2D eigenvalue weighted by atomic mass is 9.44. The van der Waals surface area contributed by atoms with E-state index in [9.17, 15) is 27.5 Å². The van der Waals surface area contributed by atoms with Crippen LogP contribution in [0.15, 0.2) is 24.5 Å². The van der Waals surface area contributed by atoms with Crippen LogP contribution in [0.4, 0.5) is 17.6 Å². The molecule has 0 unspecified atom stereocenters. The lowest BCUT2D eigenvalue weighted by molar-refractivity contribution is -0.324. The quantitative estimate of drug-likeness (QED) is 0.608. The van der Waals surface area contributed by atoms with Crippen LogP contribution in [0.25, 0.3) is 0 Å². The van der Waals surface area contributed by atoms with Gasteiger partial charge in [-0.2, -0.15) is 5.10 Å². The van der Waals surface area contributed by atoms with E-state index in [0.29, 0.717) is 30.4 Å². The third kappa shape index (κ3) is 4.06. The second-order valence-corrected chi connectivity index (χ2v) is 9.43. The number of benzene rings is 1. The molecule has 2 bridgehead atoms. The van der Waals surface area contributed by atoms with Gasteiger partial charge in [0.2, 0.25) is 0 Å². The number of nitrogens with zero attached hydrogens (tertiary/aromatic N) is 2. The summed E-state index contributed by atoms with van der Waals surface area (Å²) in [6, 6.07) is 2.36. The Morgan fingerprint density at radius 2 is 2.09 bits per heavy atom. The van der Waals surface area contributed by atoms with Crippen LogP contribution in [0.2, 0.25) is 5.02 Å². The van der Waals surface area contributed by atoms with Crippen LogP contribution in [-0.4, -0.2) is 45.4 Å². The minimum atomic E-state index is -4.66. The minimum Gasteiger partial charge on any atom is -0.480 e. The SMILES string of the molecule is O=C(NC12CC(n3cc(CCOC(F)(F)F)cn3)(C1)C2)[C@H]1C[C@@H](O)c2cc(Cl)c(F)cc2O1. The van der Waals surface area contributed by atoms with Gasteiger partial charge in [0, 0.05) is 29.8 Å². The number of aliphatic hydroxyl groups excluding tert-OH is 1. The van der Waals surface area contributed by atoms with Gasteiger partial charge in [-0.1, -0.05) is 11.6 Å². The topological polar surface area (TPSA) is 85.6 Å². The number of rotatable bonds is 6. The van der Waals surface area contributed by atoms with Gasteiger partial charge in [0.05, 0.1) is 29.5 Å². The zero-order chi connectivity index (χ0) is 23.6. The zero-order valence-corrected chi connectivity index (χ0v) is 17.9. The summed E-state index contributed by atoms with van der Waals surface area (Å²) in [6.45, 7) is -0.478. The molecule has 1 aromatic carbocycles. The number of alkyl halides is 3. The Balaban J connectivity index is 1.16. The van der Waals surface area contributed by atoms with Crippen LogP contribution < -0.4 is 10.1 Å². The van der Waals surface area contributed by atoms with Gasteiger partial charge in [-0.05, 0) is 37.3 Å². The normalized spacial score (nSPS) is 30.0. The van der Waals surface area contributed by atoms with Gasteiger partial charge in [-0.3, -0.25) is 14.2 Å². The maximum Gasteiger partial charge on any atom is 0.522 e. The minimum absolute atomic E-state index is 0.0184. The van der Waals surface area contributed by atoms with Gasteiger partial charge < -0.3 is 15.2 Å². The average Bonchev–Trinajstić information content (AvgIpc) is 3.12. The summed E-state index contributed by atoms with van der Waals surface area (Å²) in [6.07, 6.45) is -1.42. The van der Waals surface area contributed by atoms with E-state index in [4.69, 9.17) is 16.3 Å². The van der Waals surface area contributed by atoms with Crippen molar-refractivity contribution in [1.82, 2.24) is 15.1 Å². The molecular weight excluding hydrogens is 470 g/mol. The van der Waals surface area contributed by atoms with Gasteiger partial charge in [0.1, 0.15) is 11.6 Å². The molecule has 2 aromatic rings. The molecule has 3 aliphatic carbocycles. The maximum absolute atomic E-state index is 13.8. The predicted molar refractivity (Wildman–Crippen MR) is 106 cm³/mol. The lowest BCUT2D eigenvalue weighted by Crippen LogP contribution is -2.79. The highest BCUT2D eigenvalue weighted by atomic mass is 35.5. The van der Waals surface area contributed by atoms with Gasteiger partial charge in [0.25, 0.3) is 5.91 Å². The number of aromatic nitrogens is 2. The van der Waals surface area contributed by atoms with Crippen LogP contribution in [0.5, 0.6) is 5.75 Å². The van der Waals surface area contributed by atoms with E-state index in [1.54, 1.807) is 10.9 Å². The van der Waals surface area contributed by atoms with E-state index in [-0.39, 0.29) is 29.2 Å². The summed E-state index contributed by atoms with van der Waals surface area (Å²) in [5.74, 6) is -1.01. The second-order valence-electron chi connectivity index (χ2n) is 9.02. The number of nitrogens with one attached hydrogen (secondary N) is 1. The number of aliphatic hydroxyl groups is 1. The number of hydrogen-bond acceptors (Lipinski definition) is 5. The number of ether oxygens (including phenoxy) is 2. The third-order valence-electron chi connectivity index (χ3n) is 6.58. The summed E-state index contributed by atoms with van der Waals surface area (Å²) in [7, 11) is 0. The smallest absolute Gasteiger partial charge is 0.480 e. The first-order valence-corrected chi connectivity index (χ1v) is 10.8. The van der Waals surface area contributed by atoms with E-state index in [0.717, 1.165) is 6.07 Å². The van der Waals surface area contributed by atoms with Crippen molar-refractivity contribution >= 4 is 17.5 Å². The lowest BCUT2D eigenvalue weighted by Gasteiger charge is -2.70. The molecule has 178 valence electrons. The van der Waals surface area contributed by atoms with Crippen molar-refractivity contribution in [2.75, 3.05) is 6.61 Å². The summed E-state index contributed by atoms with van der Waals surface area (Å²) < 4.78 is 61.3. The maximum atomic E-state index is 13.8. The fourth-order valence-electron chi connectivity index (χ4n) is 5.08. The van der Waals surface area contributed by atoms with Crippen molar-refractivity contribution < 1.29 is 36.9 Å². The highest BCUT2D eigenvalue weighted by molar-refractivity contribution is 6.30. The predicted octanol–water partition coefficient (Wildman–Crippen LogP) is 3.39. The first-order chi connectivity index (χ1) is 15.5. The Hall–Kier alpha value is -2.37. The molecule has 2 N–H and O–H groups in total. The molecule has 2 atom stereocenters. The molecule has 1 amide bonds. The van der Waals surface area contributed by atoms with Gasteiger partial charge >= 0.3 is 6.36 Å². The Labute approximate surface area is 190 Å². The average molecular weight is 490 g/mol. The molecule has 6 rings (SSSR count). The van der Waals surface area contributed by atoms with Crippen molar-refractivity contribution in [1.29, 1.82) is 0 Å². The molecule has 1 aromatic heterocycles. The zero-order valence-electron chi connectivity index (χ0n) is 17.2. The molecule has 2 heterocycles. The van der Waals surface area contributed by atoms with Crippen molar-refractivity contribution in [3.05, 3.63) is 46.5 Å². The Kier molecular flexibility index (Phi) is 5.15. The second kappa shape index (κ2) is 7.57. The molecule has 3 saturated carbocycles. The van der Waals surface area contributed by atoms with E-state index in [2.05, 4.69) is 15.2 Å². The van der Waals surface area contributed by atoms with Crippen molar-refractivity contribution in [2.24, 2.45) is 0 Å². The van der Waals surface area contributed by atoms with Crippen LogP contribution >= 0.6 is 11.6 Å². The van der Waals surface area contributed by atoms with Crippen LogP contribution in [0.1, 0.15) is 42.9 Å². The first kappa shape index (κ1) is 22.4. The highest BCUT2D eigenvalue weighted by Gasteiger charge is 2.70. The molecule has 12 heteroatoms. The van der Waals surface area contributed by atoms with Gasteiger partial charge in [0.15, 0.2) is 6.10 Å². The molecule has 33 heavy (non-hydrogen) atoms. The molecule has 1 aliphatic heterocycles. The fraction of sp³-hybridized carbons (Fsp3) is 0.524. The Bertz CT molecular complexity index is 1090. The number of halogens is 5. The number of carbonyl (C=O) groups excluding carboxylic acids is 1. The number of fused-ring (bicyclic) bond motifs is 1. The monoisotopic (exact) mass is 489 g/mol. The molecule has 3 fully saturated rings. The highest BCUT2D eigenvalue weighted by Crippen LogP contribution is 2.65. The Morgan fingerprint density at radius 3 is 2.79 bits per heavy atom. The molecule has 4 aliphatic rings. The molecule has 0 radical (unpaired) electrons. The summed E-state index contributed by atoms with van der Waals surface area (Å²) in [4.78, 5) is 12.8. The number of amides is 1. The number of hydrogen-bond donors (Lipinski definition) is 2. The van der Waals surface area contributed by atoms with Crippen molar-refractivity contribution in [2.45, 2.75) is 61.8 Å². The van der Waals surface area contributed by atoms with Crippen LogP contribution in [-0.2, 0) is 21.5 Å². The summed E-state index contributed by atoms with van der Waals surface area (Å²) in [5, 5.41) is 17.5. The molecular formula is C21H20ClF4N3O4. The Morgan fingerprint density at radius 1 is 1.36 bits per heavy atom. The number of carbonyl (C=O) groups is 1. The largest absolute Gasteiger partial charge is 0.522 e. The molecule has 0 spiro atoms. The molecule has 0 saturated heterocycles. The van der Waals surface area contributed by atoms with E-state index < -0.39 is 42.4 Å².